The number of halogens is 1. The van der Waals surface area contributed by atoms with Crippen LogP contribution in [0.2, 0.25) is 0 Å². The smallest absolute Gasteiger partial charge is 0.132 e. The van der Waals surface area contributed by atoms with Crippen molar-refractivity contribution in [1.29, 1.82) is 5.26 Å². The highest BCUT2D eigenvalue weighted by molar-refractivity contribution is 14.1. The number of methoxy groups -OCH3 is 1. The molecule has 0 saturated carbocycles. The SMILES string of the molecule is COc1ccc(/C=C(/C#N)c2ccc3ccccc3c2)cc1I. The molecule has 0 aliphatic heterocycles. The van der Waals surface area contributed by atoms with Gasteiger partial charge < -0.3 is 4.74 Å². The fourth-order valence-corrected chi connectivity index (χ4v) is 3.24. The van der Waals surface area contributed by atoms with E-state index in [0.29, 0.717) is 5.57 Å². The van der Waals surface area contributed by atoms with Crippen LogP contribution in [0.3, 0.4) is 0 Å². The number of fused-ring (bicyclic) bond motifs is 1. The Balaban J connectivity index is 2.04. The lowest BCUT2D eigenvalue weighted by atomic mass is 10.0. The van der Waals surface area contributed by atoms with Gasteiger partial charge in [0.25, 0.3) is 0 Å². The number of hydrogen-bond acceptors (Lipinski definition) is 2. The zero-order valence-corrected chi connectivity index (χ0v) is 14.7. The van der Waals surface area contributed by atoms with Crippen LogP contribution in [0.25, 0.3) is 22.4 Å². The van der Waals surface area contributed by atoms with Gasteiger partial charge in [-0.1, -0.05) is 42.5 Å². The molecule has 0 atom stereocenters. The Hall–Kier alpha value is -2.32. The molecule has 3 aromatic rings. The van der Waals surface area contributed by atoms with Crippen LogP contribution in [0.4, 0.5) is 0 Å². The average molecular weight is 411 g/mol. The molecule has 0 radical (unpaired) electrons. The van der Waals surface area contributed by atoms with Gasteiger partial charge in [0.1, 0.15) is 5.75 Å². The Morgan fingerprint density at radius 2 is 1.83 bits per heavy atom. The van der Waals surface area contributed by atoms with Crippen LogP contribution in [-0.2, 0) is 0 Å². The fourth-order valence-electron chi connectivity index (χ4n) is 2.48. The molecule has 0 spiro atoms. The second-order valence-corrected chi connectivity index (χ2v) is 6.29. The maximum atomic E-state index is 9.54. The standard InChI is InChI=1S/C20H14INO/c1-23-20-9-6-14(11-19(20)21)10-18(13-22)17-8-7-15-4-2-3-5-16(15)12-17/h2-12H,1H3/b18-10-. The molecule has 0 aliphatic rings. The van der Waals surface area contributed by atoms with Gasteiger partial charge in [-0.2, -0.15) is 5.26 Å². The van der Waals surface area contributed by atoms with E-state index in [9.17, 15) is 5.26 Å². The molecule has 0 aliphatic carbocycles. The van der Waals surface area contributed by atoms with Gasteiger partial charge in [-0.05, 0) is 68.8 Å². The van der Waals surface area contributed by atoms with Crippen LogP contribution >= 0.6 is 22.6 Å². The van der Waals surface area contributed by atoms with Crippen molar-refractivity contribution in [2.45, 2.75) is 0 Å². The molecular weight excluding hydrogens is 397 g/mol. The number of allylic oxidation sites excluding steroid dienone is 1. The number of nitrogens with zero attached hydrogens (tertiary/aromatic N) is 1. The second-order valence-electron chi connectivity index (χ2n) is 5.13. The molecule has 0 saturated heterocycles. The quantitative estimate of drug-likeness (QED) is 0.323. The Morgan fingerprint density at radius 3 is 2.52 bits per heavy atom. The normalized spacial score (nSPS) is 11.3. The average Bonchev–Trinajstić information content (AvgIpc) is 2.59. The molecule has 3 rings (SSSR count). The van der Waals surface area contributed by atoms with Crippen LogP contribution in [-0.4, -0.2) is 7.11 Å². The predicted molar refractivity (Wildman–Crippen MR) is 103 cm³/mol. The Labute approximate surface area is 149 Å². The molecular formula is C20H14INO. The van der Waals surface area contributed by atoms with Gasteiger partial charge in [0.05, 0.1) is 22.3 Å². The van der Waals surface area contributed by atoms with Crippen LogP contribution in [0.1, 0.15) is 11.1 Å². The second kappa shape index (κ2) is 6.84. The molecule has 3 heteroatoms. The molecule has 112 valence electrons. The lowest BCUT2D eigenvalue weighted by Crippen LogP contribution is -1.88. The van der Waals surface area contributed by atoms with Crippen LogP contribution in [0.15, 0.2) is 60.7 Å². The van der Waals surface area contributed by atoms with E-state index >= 15 is 0 Å². The van der Waals surface area contributed by atoms with Crippen LogP contribution in [0, 0.1) is 14.9 Å². The molecule has 3 aromatic carbocycles. The Bertz CT molecular complexity index is 938. The zero-order chi connectivity index (χ0) is 16.2. The molecule has 0 bridgehead atoms. The van der Waals surface area contributed by atoms with Gasteiger partial charge in [0.2, 0.25) is 0 Å². The van der Waals surface area contributed by atoms with Gasteiger partial charge in [-0.3, -0.25) is 0 Å². The monoisotopic (exact) mass is 411 g/mol. The van der Waals surface area contributed by atoms with E-state index in [0.717, 1.165) is 25.8 Å². The zero-order valence-electron chi connectivity index (χ0n) is 12.6. The minimum atomic E-state index is 0.650. The summed E-state index contributed by atoms with van der Waals surface area (Å²) < 4.78 is 6.29. The van der Waals surface area contributed by atoms with Crippen LogP contribution in [0.5, 0.6) is 5.75 Å². The molecule has 23 heavy (non-hydrogen) atoms. The minimum absolute atomic E-state index is 0.650. The highest BCUT2D eigenvalue weighted by Gasteiger charge is 2.05. The lowest BCUT2D eigenvalue weighted by Gasteiger charge is -2.05. The maximum Gasteiger partial charge on any atom is 0.132 e. The third-order valence-electron chi connectivity index (χ3n) is 3.67. The summed E-state index contributed by atoms with van der Waals surface area (Å²) >= 11 is 2.23. The predicted octanol–water partition coefficient (Wildman–Crippen LogP) is 5.52. The van der Waals surface area contributed by atoms with Gasteiger partial charge >= 0.3 is 0 Å². The molecule has 2 nitrogen and oxygen atoms in total. The summed E-state index contributed by atoms with van der Waals surface area (Å²) in [6, 6.07) is 22.4. The van der Waals surface area contributed by atoms with Crippen molar-refractivity contribution in [3.63, 3.8) is 0 Å². The van der Waals surface area contributed by atoms with Gasteiger partial charge in [-0.15, -0.1) is 0 Å². The fraction of sp³-hybridized carbons (Fsp3) is 0.0500. The van der Waals surface area contributed by atoms with Crippen molar-refractivity contribution >= 4 is 45.0 Å². The summed E-state index contributed by atoms with van der Waals surface area (Å²) in [7, 11) is 1.66. The first-order valence-corrected chi connectivity index (χ1v) is 8.23. The summed E-state index contributed by atoms with van der Waals surface area (Å²) in [5.74, 6) is 0.840. The van der Waals surface area contributed by atoms with Crippen molar-refractivity contribution in [3.05, 3.63) is 75.4 Å². The summed E-state index contributed by atoms with van der Waals surface area (Å²) in [5, 5.41) is 11.8. The van der Waals surface area contributed by atoms with Gasteiger partial charge in [0.15, 0.2) is 0 Å². The maximum absolute atomic E-state index is 9.54. The lowest BCUT2D eigenvalue weighted by molar-refractivity contribution is 0.412. The van der Waals surface area contributed by atoms with Gasteiger partial charge in [-0.25, -0.2) is 0 Å². The molecule has 0 amide bonds. The van der Waals surface area contributed by atoms with E-state index in [-0.39, 0.29) is 0 Å². The van der Waals surface area contributed by atoms with E-state index in [4.69, 9.17) is 4.74 Å². The summed E-state index contributed by atoms with van der Waals surface area (Å²) in [5.41, 5.74) is 2.56. The van der Waals surface area contributed by atoms with Crippen LogP contribution < -0.4 is 4.74 Å². The molecule has 0 aromatic heterocycles. The third kappa shape index (κ3) is 3.38. The van der Waals surface area contributed by atoms with E-state index in [1.54, 1.807) is 7.11 Å². The van der Waals surface area contributed by atoms with Gasteiger partial charge in [0, 0.05) is 0 Å². The van der Waals surface area contributed by atoms with Crippen molar-refractivity contribution in [1.82, 2.24) is 0 Å². The summed E-state index contributed by atoms with van der Waals surface area (Å²) in [6.45, 7) is 0. The largest absolute Gasteiger partial charge is 0.496 e. The van der Waals surface area contributed by atoms with E-state index in [2.05, 4.69) is 46.9 Å². The third-order valence-corrected chi connectivity index (χ3v) is 4.51. The number of ether oxygens (including phenoxy) is 1. The number of nitriles is 1. The summed E-state index contributed by atoms with van der Waals surface area (Å²) in [4.78, 5) is 0. The van der Waals surface area contributed by atoms with Crippen molar-refractivity contribution in [3.8, 4) is 11.8 Å². The Kier molecular flexibility index (Phi) is 4.63. The van der Waals surface area contributed by atoms with Crippen molar-refractivity contribution in [2.24, 2.45) is 0 Å². The molecule has 0 heterocycles. The topological polar surface area (TPSA) is 33.0 Å². The number of hydrogen-bond donors (Lipinski definition) is 0. The first kappa shape index (κ1) is 15.6. The first-order chi connectivity index (χ1) is 11.2. The first-order valence-electron chi connectivity index (χ1n) is 7.16. The number of rotatable bonds is 3. The summed E-state index contributed by atoms with van der Waals surface area (Å²) in [6.07, 6.45) is 1.91. The minimum Gasteiger partial charge on any atom is -0.496 e. The van der Waals surface area contributed by atoms with E-state index in [1.807, 2.05) is 48.5 Å². The number of benzene rings is 3. The molecule has 0 N–H and O–H groups in total. The van der Waals surface area contributed by atoms with E-state index < -0.39 is 0 Å². The highest BCUT2D eigenvalue weighted by atomic mass is 127. The Morgan fingerprint density at radius 1 is 1.04 bits per heavy atom. The molecule has 0 fully saturated rings. The van der Waals surface area contributed by atoms with Crippen molar-refractivity contribution in [2.75, 3.05) is 7.11 Å². The van der Waals surface area contributed by atoms with E-state index in [1.165, 1.54) is 5.39 Å². The van der Waals surface area contributed by atoms with Crippen molar-refractivity contribution < 1.29 is 4.74 Å². The highest BCUT2D eigenvalue weighted by Crippen LogP contribution is 2.26. The molecule has 0 unspecified atom stereocenters.